The normalized spacial score (nSPS) is 10.3. The summed E-state index contributed by atoms with van der Waals surface area (Å²) in [6, 6.07) is 0.898. The van der Waals surface area contributed by atoms with Gasteiger partial charge in [0.2, 0.25) is 0 Å². The molecule has 2 amide bonds. The number of carbonyl (C=O) groups excluding carboxylic acids is 6. The van der Waals surface area contributed by atoms with Crippen molar-refractivity contribution >= 4 is 41.4 Å². The molecule has 202 valence electrons. The molecule has 15 heteroatoms. The number of ether oxygens (including phenoxy) is 4. The van der Waals surface area contributed by atoms with E-state index in [2.05, 4.69) is 10.6 Å². The van der Waals surface area contributed by atoms with E-state index in [1.54, 1.807) is 0 Å². The van der Waals surface area contributed by atoms with Crippen LogP contribution in [0.25, 0.3) is 0 Å². The third kappa shape index (κ3) is 12.1. The zero-order valence-corrected chi connectivity index (χ0v) is 20.6. The van der Waals surface area contributed by atoms with Crippen LogP contribution in [0.2, 0.25) is 0 Å². The second-order valence-electron chi connectivity index (χ2n) is 7.58. The zero-order chi connectivity index (χ0) is 28.1. The average Bonchev–Trinajstić information content (AvgIpc) is 2.81. The molecule has 0 bridgehead atoms. The number of esters is 4. The standard InChI is InChI=1S/C22H27N3O12/c1-12(26)34-8-18(9-35-13(2)27)23-21(30)16-5-17(7-20(6-16)25(32)33)22(31)24-19(10-36-14(3)28)11-37-15(4)29/h5-7,18-19H,8-11H2,1-4H3,(H,23,30)(H,24,31). The third-order valence-corrected chi connectivity index (χ3v) is 4.27. The lowest BCUT2D eigenvalue weighted by Crippen LogP contribution is -2.43. The van der Waals surface area contributed by atoms with E-state index in [-0.39, 0.29) is 37.6 Å². The molecule has 0 unspecified atom stereocenters. The second kappa shape index (κ2) is 14.8. The second-order valence-corrected chi connectivity index (χ2v) is 7.58. The molecular formula is C22H27N3O12. The van der Waals surface area contributed by atoms with E-state index in [0.717, 1.165) is 45.9 Å². The van der Waals surface area contributed by atoms with Crippen molar-refractivity contribution in [3.05, 3.63) is 39.4 Å². The minimum atomic E-state index is -0.992. The van der Waals surface area contributed by atoms with Crippen molar-refractivity contribution in [2.24, 2.45) is 0 Å². The third-order valence-electron chi connectivity index (χ3n) is 4.27. The Morgan fingerprint density at radius 3 is 1.22 bits per heavy atom. The molecular weight excluding hydrogens is 498 g/mol. The van der Waals surface area contributed by atoms with E-state index in [1.807, 2.05) is 0 Å². The van der Waals surface area contributed by atoms with Crippen molar-refractivity contribution in [2.45, 2.75) is 39.8 Å². The van der Waals surface area contributed by atoms with Crippen LogP contribution in [0.1, 0.15) is 48.4 Å². The van der Waals surface area contributed by atoms with Gasteiger partial charge in [0.05, 0.1) is 17.0 Å². The lowest BCUT2D eigenvalue weighted by atomic mass is 10.1. The van der Waals surface area contributed by atoms with Crippen LogP contribution in [0.4, 0.5) is 5.69 Å². The monoisotopic (exact) mass is 525 g/mol. The first-order valence-electron chi connectivity index (χ1n) is 10.7. The van der Waals surface area contributed by atoms with Crippen molar-refractivity contribution in [3.63, 3.8) is 0 Å². The molecule has 0 radical (unpaired) electrons. The predicted octanol–water partition coefficient (Wildman–Crippen LogP) is 0.0440. The highest BCUT2D eigenvalue weighted by molar-refractivity contribution is 6.01. The molecule has 0 fully saturated rings. The number of non-ortho nitro benzene ring substituents is 1. The van der Waals surface area contributed by atoms with Crippen molar-refractivity contribution in [1.82, 2.24) is 10.6 Å². The molecule has 37 heavy (non-hydrogen) atoms. The van der Waals surface area contributed by atoms with Gasteiger partial charge in [0.1, 0.15) is 26.4 Å². The van der Waals surface area contributed by atoms with Crippen LogP contribution in [0.15, 0.2) is 18.2 Å². The summed E-state index contributed by atoms with van der Waals surface area (Å²) in [5.74, 6) is -4.42. The fourth-order valence-corrected chi connectivity index (χ4v) is 2.65. The number of nitro benzene ring substituents is 1. The number of nitrogens with one attached hydrogen (secondary N) is 2. The summed E-state index contributed by atoms with van der Waals surface area (Å²) in [6.45, 7) is 3.10. The highest BCUT2D eigenvalue weighted by atomic mass is 16.6. The molecule has 2 N–H and O–H groups in total. The molecule has 1 rings (SSSR count). The maximum atomic E-state index is 12.8. The smallest absolute Gasteiger partial charge is 0.302 e. The summed E-state index contributed by atoms with van der Waals surface area (Å²) in [7, 11) is 0. The largest absolute Gasteiger partial charge is 0.464 e. The molecule has 0 spiro atoms. The Kier molecular flexibility index (Phi) is 12.1. The maximum Gasteiger partial charge on any atom is 0.302 e. The van der Waals surface area contributed by atoms with Gasteiger partial charge in [-0.3, -0.25) is 38.9 Å². The number of rotatable bonds is 13. The number of hydrogen-bond donors (Lipinski definition) is 2. The summed E-state index contributed by atoms with van der Waals surface area (Å²) < 4.78 is 19.3. The average molecular weight is 525 g/mol. The number of amides is 2. The lowest BCUT2D eigenvalue weighted by molar-refractivity contribution is -0.384. The molecule has 0 aliphatic carbocycles. The Labute approximate surface area is 210 Å². The van der Waals surface area contributed by atoms with Crippen molar-refractivity contribution in [3.8, 4) is 0 Å². The highest BCUT2D eigenvalue weighted by Gasteiger charge is 2.23. The zero-order valence-electron chi connectivity index (χ0n) is 20.6. The predicted molar refractivity (Wildman–Crippen MR) is 122 cm³/mol. The van der Waals surface area contributed by atoms with E-state index in [0.29, 0.717) is 0 Å². The fourth-order valence-electron chi connectivity index (χ4n) is 2.65. The number of nitrogens with zero attached hydrogens (tertiary/aromatic N) is 1. The van der Waals surface area contributed by atoms with Crippen LogP contribution >= 0.6 is 0 Å². The van der Waals surface area contributed by atoms with Gasteiger partial charge >= 0.3 is 23.9 Å². The van der Waals surface area contributed by atoms with Gasteiger partial charge < -0.3 is 29.6 Å². The minimum Gasteiger partial charge on any atom is -0.464 e. The minimum absolute atomic E-state index is 0.300. The Bertz CT molecular complexity index is 947. The van der Waals surface area contributed by atoms with Crippen LogP contribution in [0.3, 0.4) is 0 Å². The summed E-state index contributed by atoms with van der Waals surface area (Å²) in [5, 5.41) is 16.3. The Morgan fingerprint density at radius 1 is 0.676 bits per heavy atom. The van der Waals surface area contributed by atoms with E-state index < -0.39 is 58.4 Å². The highest BCUT2D eigenvalue weighted by Crippen LogP contribution is 2.18. The van der Waals surface area contributed by atoms with Crippen molar-refractivity contribution < 1.29 is 52.6 Å². The van der Waals surface area contributed by atoms with E-state index in [4.69, 9.17) is 18.9 Å². The van der Waals surface area contributed by atoms with Gasteiger partial charge in [0.25, 0.3) is 17.5 Å². The summed E-state index contributed by atoms with van der Waals surface area (Å²) in [4.78, 5) is 80.7. The maximum absolute atomic E-state index is 12.8. The fraction of sp³-hybridized carbons (Fsp3) is 0.455. The van der Waals surface area contributed by atoms with Gasteiger partial charge in [-0.2, -0.15) is 0 Å². The number of nitro groups is 1. The van der Waals surface area contributed by atoms with Gasteiger partial charge in [0, 0.05) is 51.0 Å². The van der Waals surface area contributed by atoms with Crippen LogP contribution in [-0.2, 0) is 38.1 Å². The molecule has 0 aliphatic heterocycles. The molecule has 0 aliphatic rings. The Morgan fingerprint density at radius 2 is 0.973 bits per heavy atom. The molecule has 15 nitrogen and oxygen atoms in total. The number of benzene rings is 1. The molecule has 0 saturated carbocycles. The molecule has 0 atom stereocenters. The first-order chi connectivity index (χ1) is 17.3. The van der Waals surface area contributed by atoms with E-state index in [9.17, 15) is 38.9 Å². The lowest BCUT2D eigenvalue weighted by Gasteiger charge is -2.19. The van der Waals surface area contributed by atoms with Crippen LogP contribution < -0.4 is 10.6 Å². The molecule has 1 aromatic carbocycles. The summed E-state index contributed by atoms with van der Waals surface area (Å²) in [6.07, 6.45) is 0. The molecule has 0 heterocycles. The SMILES string of the molecule is CC(=O)OCC(COC(C)=O)NC(=O)c1cc(C(=O)NC(COC(C)=O)COC(C)=O)cc([N+](=O)[O-])c1. The number of hydrogen-bond acceptors (Lipinski definition) is 12. The van der Waals surface area contributed by atoms with Crippen LogP contribution in [0, 0.1) is 10.1 Å². The van der Waals surface area contributed by atoms with Gasteiger partial charge in [-0.1, -0.05) is 0 Å². The first-order valence-corrected chi connectivity index (χ1v) is 10.7. The van der Waals surface area contributed by atoms with Gasteiger partial charge in [-0.25, -0.2) is 0 Å². The van der Waals surface area contributed by atoms with Crippen LogP contribution in [0.5, 0.6) is 0 Å². The quantitative estimate of drug-likeness (QED) is 0.151. The summed E-state index contributed by atoms with van der Waals surface area (Å²) in [5.41, 5.74) is -1.19. The molecule has 0 saturated heterocycles. The van der Waals surface area contributed by atoms with Gasteiger partial charge in [0.15, 0.2) is 0 Å². The van der Waals surface area contributed by atoms with Gasteiger partial charge in [-0.05, 0) is 6.07 Å². The first kappa shape index (κ1) is 30.5. The molecule has 0 aromatic heterocycles. The number of carbonyl (C=O) groups is 6. The van der Waals surface area contributed by atoms with E-state index >= 15 is 0 Å². The van der Waals surface area contributed by atoms with Crippen LogP contribution in [-0.4, -0.2) is 79.1 Å². The van der Waals surface area contributed by atoms with Crippen molar-refractivity contribution in [2.75, 3.05) is 26.4 Å². The topological polar surface area (TPSA) is 207 Å². The Balaban J connectivity index is 3.17. The van der Waals surface area contributed by atoms with Crippen molar-refractivity contribution in [1.29, 1.82) is 0 Å². The van der Waals surface area contributed by atoms with Gasteiger partial charge in [-0.15, -0.1) is 0 Å². The summed E-state index contributed by atoms with van der Waals surface area (Å²) >= 11 is 0. The van der Waals surface area contributed by atoms with E-state index in [1.165, 1.54) is 0 Å². The Hall–Kier alpha value is -4.56. The molecule has 1 aromatic rings.